The highest BCUT2D eigenvalue weighted by Gasteiger charge is 2.36. The summed E-state index contributed by atoms with van der Waals surface area (Å²) in [6, 6.07) is 16.3. The molecule has 0 radical (unpaired) electrons. The van der Waals surface area contributed by atoms with Gasteiger partial charge in [-0.1, -0.05) is 41.9 Å². The Morgan fingerprint density at radius 2 is 1.74 bits per heavy atom. The second-order valence-electron chi connectivity index (χ2n) is 8.23. The molecule has 1 aliphatic heterocycles. The second kappa shape index (κ2) is 9.43. The first-order chi connectivity index (χ1) is 16.1. The Morgan fingerprint density at radius 1 is 1.00 bits per heavy atom. The third kappa shape index (κ3) is 4.98. The van der Waals surface area contributed by atoms with Crippen LogP contribution < -0.4 is 4.31 Å². The van der Waals surface area contributed by atoms with Crippen LogP contribution in [0.5, 0.6) is 0 Å². The van der Waals surface area contributed by atoms with Crippen molar-refractivity contribution in [3.05, 3.63) is 82.9 Å². The number of hydrogen-bond donors (Lipinski definition) is 0. The first-order valence-corrected chi connectivity index (χ1v) is 12.4. The number of sulfonamides is 1. The lowest BCUT2D eigenvalue weighted by Gasteiger charge is -2.35. The van der Waals surface area contributed by atoms with E-state index in [9.17, 15) is 26.4 Å². The fraction of sp³-hybridized carbons (Fsp3) is 0.240. The highest BCUT2D eigenvalue weighted by Crippen LogP contribution is 2.39. The van der Waals surface area contributed by atoms with Crippen molar-refractivity contribution in [1.29, 1.82) is 0 Å². The lowest BCUT2D eigenvalue weighted by molar-refractivity contribution is -0.137. The molecule has 0 saturated heterocycles. The maximum Gasteiger partial charge on any atom is 0.416 e. The number of fused-ring (bicyclic) bond motifs is 1. The summed E-state index contributed by atoms with van der Waals surface area (Å²) in [6.07, 6.45) is -2.57. The smallest absolute Gasteiger partial charge is 0.303 e. The van der Waals surface area contributed by atoms with E-state index >= 15 is 0 Å². The van der Waals surface area contributed by atoms with Crippen molar-refractivity contribution in [2.75, 3.05) is 10.8 Å². The molecule has 0 N–H and O–H groups in total. The van der Waals surface area contributed by atoms with Gasteiger partial charge in [0, 0.05) is 18.0 Å². The van der Waals surface area contributed by atoms with E-state index in [4.69, 9.17) is 11.6 Å². The largest absolute Gasteiger partial charge is 0.416 e. The van der Waals surface area contributed by atoms with E-state index in [1.54, 1.807) is 24.3 Å². The molecule has 0 aliphatic carbocycles. The predicted octanol–water partition coefficient (Wildman–Crippen LogP) is 6.37. The van der Waals surface area contributed by atoms with Gasteiger partial charge in [0.15, 0.2) is 0 Å². The van der Waals surface area contributed by atoms with Gasteiger partial charge in [0.2, 0.25) is 0 Å². The molecule has 3 aromatic rings. The summed E-state index contributed by atoms with van der Waals surface area (Å²) in [5.41, 5.74) is 1.66. The predicted molar refractivity (Wildman–Crippen MR) is 125 cm³/mol. The van der Waals surface area contributed by atoms with Gasteiger partial charge >= 0.3 is 6.18 Å². The van der Waals surface area contributed by atoms with Crippen molar-refractivity contribution in [3.63, 3.8) is 0 Å². The number of nitrogens with zero attached hydrogens (tertiary/aromatic N) is 1. The first-order valence-electron chi connectivity index (χ1n) is 10.6. The van der Waals surface area contributed by atoms with Gasteiger partial charge < -0.3 is 4.79 Å². The maximum absolute atomic E-state index is 13.6. The van der Waals surface area contributed by atoms with Gasteiger partial charge in [0.25, 0.3) is 10.0 Å². The number of carbonyl (C=O) groups excluding carboxylic acids is 1. The average molecular weight is 508 g/mol. The number of anilines is 1. The lowest BCUT2D eigenvalue weighted by atomic mass is 9.89. The topological polar surface area (TPSA) is 54.5 Å². The van der Waals surface area contributed by atoms with Crippen LogP contribution in [-0.4, -0.2) is 21.2 Å². The van der Waals surface area contributed by atoms with Gasteiger partial charge in [-0.15, -0.1) is 0 Å². The van der Waals surface area contributed by atoms with Crippen LogP contribution >= 0.6 is 11.6 Å². The third-order valence-electron chi connectivity index (χ3n) is 5.89. The Balaban J connectivity index is 1.82. The molecular formula is C25H21ClF3NO3S. The van der Waals surface area contributed by atoms with Gasteiger partial charge in [-0.2, -0.15) is 13.2 Å². The van der Waals surface area contributed by atoms with Crippen LogP contribution in [0.4, 0.5) is 18.9 Å². The Hall–Kier alpha value is -2.84. The van der Waals surface area contributed by atoms with E-state index in [0.29, 0.717) is 29.6 Å². The minimum Gasteiger partial charge on any atom is -0.303 e. The highest BCUT2D eigenvalue weighted by atomic mass is 35.5. The summed E-state index contributed by atoms with van der Waals surface area (Å²) in [5.74, 6) is -0.143. The number of carbonyl (C=O) groups is 1. The standard InChI is InChI=1S/C25H21ClF3NO3S/c26-22-7-1-5-18(13-22)19-9-10-20-12-17(4-3-11-31)16-30(24(20)14-19)34(32,33)23-8-2-6-21(15-23)25(27,28)29/h1-2,5-11,13-15,17H,3-4,12,16H2/t17-/m1/s1. The zero-order valence-corrected chi connectivity index (χ0v) is 19.5. The zero-order chi connectivity index (χ0) is 24.5. The number of rotatable bonds is 6. The summed E-state index contributed by atoms with van der Waals surface area (Å²) in [6.45, 7) is 0.0679. The molecule has 9 heteroatoms. The van der Waals surface area contributed by atoms with Crippen molar-refractivity contribution in [3.8, 4) is 11.1 Å². The number of hydrogen-bond acceptors (Lipinski definition) is 3. The van der Waals surface area contributed by atoms with Crippen molar-refractivity contribution >= 4 is 33.6 Å². The van der Waals surface area contributed by atoms with E-state index in [2.05, 4.69) is 0 Å². The first kappa shape index (κ1) is 24.3. The Bertz CT molecular complexity index is 1320. The van der Waals surface area contributed by atoms with Crippen LogP contribution in [0.3, 0.4) is 0 Å². The van der Waals surface area contributed by atoms with Crippen LogP contribution in [-0.2, 0) is 27.4 Å². The van der Waals surface area contributed by atoms with Crippen LogP contribution in [0.2, 0.25) is 5.02 Å². The summed E-state index contributed by atoms with van der Waals surface area (Å²) < 4.78 is 68.2. The van der Waals surface area contributed by atoms with Gasteiger partial charge in [0.1, 0.15) is 6.29 Å². The molecule has 0 saturated carbocycles. The molecule has 34 heavy (non-hydrogen) atoms. The van der Waals surface area contributed by atoms with Crippen molar-refractivity contribution in [2.45, 2.75) is 30.3 Å². The quantitative estimate of drug-likeness (QED) is 0.364. The molecule has 4 rings (SSSR count). The summed E-state index contributed by atoms with van der Waals surface area (Å²) in [5, 5.41) is 0.526. The molecule has 0 aromatic heterocycles. The summed E-state index contributed by atoms with van der Waals surface area (Å²) in [4.78, 5) is 10.5. The molecule has 1 atom stereocenters. The molecular weight excluding hydrogens is 487 g/mol. The Kier molecular flexibility index (Phi) is 6.73. The average Bonchev–Trinajstić information content (AvgIpc) is 2.81. The summed E-state index contributed by atoms with van der Waals surface area (Å²) >= 11 is 6.11. The van der Waals surface area contributed by atoms with Crippen molar-refractivity contribution in [2.24, 2.45) is 5.92 Å². The third-order valence-corrected chi connectivity index (χ3v) is 7.90. The molecule has 0 fully saturated rings. The molecule has 3 aromatic carbocycles. The van der Waals surface area contributed by atoms with Gasteiger partial charge in [-0.3, -0.25) is 4.31 Å². The fourth-order valence-electron chi connectivity index (χ4n) is 4.21. The van der Waals surface area contributed by atoms with Crippen molar-refractivity contribution in [1.82, 2.24) is 0 Å². The van der Waals surface area contributed by atoms with E-state index in [0.717, 1.165) is 35.1 Å². The molecule has 178 valence electrons. The van der Waals surface area contributed by atoms with Gasteiger partial charge in [0.05, 0.1) is 16.1 Å². The number of alkyl halides is 3. The minimum atomic E-state index is -4.67. The number of aldehydes is 1. The highest BCUT2D eigenvalue weighted by molar-refractivity contribution is 7.92. The van der Waals surface area contributed by atoms with Gasteiger partial charge in [-0.05, 0) is 71.8 Å². The van der Waals surface area contributed by atoms with Crippen LogP contribution in [0.15, 0.2) is 71.6 Å². The Morgan fingerprint density at radius 3 is 2.44 bits per heavy atom. The molecule has 1 heterocycles. The van der Waals surface area contributed by atoms with Crippen molar-refractivity contribution < 1.29 is 26.4 Å². The summed E-state index contributed by atoms with van der Waals surface area (Å²) in [7, 11) is -4.30. The van der Waals surface area contributed by atoms with E-state index in [1.807, 2.05) is 18.2 Å². The molecule has 0 amide bonds. The lowest BCUT2D eigenvalue weighted by Crippen LogP contribution is -2.40. The SMILES string of the molecule is O=CCC[C@@H]1Cc2ccc(-c3cccc(Cl)c3)cc2N(S(=O)(=O)c2cccc(C(F)(F)F)c2)C1. The normalized spacial score (nSPS) is 16.2. The zero-order valence-electron chi connectivity index (χ0n) is 17.9. The van der Waals surface area contributed by atoms with E-state index in [-0.39, 0.29) is 18.9 Å². The molecule has 0 spiro atoms. The Labute approximate surface area is 201 Å². The molecule has 0 unspecified atom stereocenters. The van der Waals surface area contributed by atoms with E-state index < -0.39 is 26.7 Å². The van der Waals surface area contributed by atoms with E-state index in [1.165, 1.54) is 10.4 Å². The van der Waals surface area contributed by atoms with Crippen LogP contribution in [0.1, 0.15) is 24.0 Å². The number of benzene rings is 3. The molecule has 4 nitrogen and oxygen atoms in total. The van der Waals surface area contributed by atoms with Gasteiger partial charge in [-0.25, -0.2) is 8.42 Å². The minimum absolute atomic E-state index is 0.0679. The maximum atomic E-state index is 13.6. The monoisotopic (exact) mass is 507 g/mol. The van der Waals surface area contributed by atoms with Crippen LogP contribution in [0.25, 0.3) is 11.1 Å². The second-order valence-corrected chi connectivity index (χ2v) is 10.5. The van der Waals surface area contributed by atoms with Crippen LogP contribution in [0, 0.1) is 5.92 Å². The molecule has 1 aliphatic rings. The fourth-order valence-corrected chi connectivity index (χ4v) is 6.02. The molecule has 0 bridgehead atoms. The number of halogens is 4.